The first kappa shape index (κ1) is 24.3. The maximum Gasteiger partial charge on any atom is 0.0715 e. The SMILES string of the molecule is c1ccc(-c2cc(-c3ccccc3)nc(-c3ccc(-c4ccc5c6ccccc6c6ccccc6c5c4)cc3)c2)cc1. The van der Waals surface area contributed by atoms with E-state index in [-0.39, 0.29) is 0 Å². The summed E-state index contributed by atoms with van der Waals surface area (Å²) in [6.45, 7) is 0. The molecule has 0 saturated carbocycles. The molecular formula is C41H27N. The van der Waals surface area contributed by atoms with Gasteiger partial charge in [-0.25, -0.2) is 4.98 Å². The zero-order valence-corrected chi connectivity index (χ0v) is 23.0. The largest absolute Gasteiger partial charge is 0.248 e. The molecule has 1 aromatic heterocycles. The molecule has 8 aromatic rings. The first-order valence-corrected chi connectivity index (χ1v) is 14.4. The minimum atomic E-state index is 0.970. The van der Waals surface area contributed by atoms with E-state index in [1.807, 2.05) is 6.07 Å². The van der Waals surface area contributed by atoms with E-state index in [2.05, 4.69) is 158 Å². The van der Waals surface area contributed by atoms with Gasteiger partial charge in [0.1, 0.15) is 0 Å². The van der Waals surface area contributed by atoms with Gasteiger partial charge in [-0.15, -0.1) is 0 Å². The molecule has 0 spiro atoms. The molecule has 0 unspecified atom stereocenters. The Kier molecular flexibility index (Phi) is 5.86. The minimum Gasteiger partial charge on any atom is -0.248 e. The third-order valence-electron chi connectivity index (χ3n) is 8.26. The van der Waals surface area contributed by atoms with E-state index in [0.717, 1.165) is 28.1 Å². The van der Waals surface area contributed by atoms with E-state index >= 15 is 0 Å². The molecule has 0 amide bonds. The molecule has 0 bridgehead atoms. The van der Waals surface area contributed by atoms with Crippen LogP contribution in [0.25, 0.3) is 77.1 Å². The van der Waals surface area contributed by atoms with Crippen molar-refractivity contribution < 1.29 is 0 Å². The normalized spacial score (nSPS) is 11.3. The van der Waals surface area contributed by atoms with Crippen LogP contribution in [0.3, 0.4) is 0 Å². The Hall–Kier alpha value is -5.53. The van der Waals surface area contributed by atoms with Crippen molar-refractivity contribution in [1.29, 1.82) is 0 Å². The lowest BCUT2D eigenvalue weighted by molar-refractivity contribution is 1.32. The summed E-state index contributed by atoms with van der Waals surface area (Å²) in [4.78, 5) is 5.11. The molecule has 196 valence electrons. The van der Waals surface area contributed by atoms with Gasteiger partial charge in [0.2, 0.25) is 0 Å². The Morgan fingerprint density at radius 1 is 0.238 bits per heavy atom. The van der Waals surface area contributed by atoms with Crippen molar-refractivity contribution in [2.45, 2.75) is 0 Å². The summed E-state index contributed by atoms with van der Waals surface area (Å²) in [5, 5.41) is 7.77. The van der Waals surface area contributed by atoms with Gasteiger partial charge in [-0.2, -0.15) is 0 Å². The lowest BCUT2D eigenvalue weighted by atomic mass is 9.92. The molecule has 0 saturated heterocycles. The standard InChI is InChI=1S/C41H27N/c1-3-11-28(12-4-1)33-26-40(30-13-5-2-6-14-30)42-41(27-33)31-21-19-29(20-22-31)32-23-24-38-36-17-8-7-15-34(36)35-16-9-10-18-37(35)39(38)25-32/h1-27H. The van der Waals surface area contributed by atoms with Gasteiger partial charge in [-0.05, 0) is 72.8 Å². The fraction of sp³-hybridized carbons (Fsp3) is 0. The molecule has 0 aliphatic rings. The monoisotopic (exact) mass is 533 g/mol. The van der Waals surface area contributed by atoms with Crippen LogP contribution in [0.1, 0.15) is 0 Å². The number of aromatic nitrogens is 1. The van der Waals surface area contributed by atoms with Crippen molar-refractivity contribution >= 4 is 32.3 Å². The van der Waals surface area contributed by atoms with Gasteiger partial charge in [-0.3, -0.25) is 0 Å². The summed E-state index contributed by atoms with van der Waals surface area (Å²) in [5.74, 6) is 0. The number of hydrogen-bond acceptors (Lipinski definition) is 1. The third-order valence-corrected chi connectivity index (χ3v) is 8.26. The number of benzene rings is 7. The average molecular weight is 534 g/mol. The summed E-state index contributed by atoms with van der Waals surface area (Å²) in [6, 6.07) is 58.5. The molecule has 0 fully saturated rings. The highest BCUT2D eigenvalue weighted by Gasteiger charge is 2.11. The van der Waals surface area contributed by atoms with E-state index in [0.29, 0.717) is 0 Å². The molecule has 8 rings (SSSR count). The number of rotatable bonds is 4. The zero-order chi connectivity index (χ0) is 27.9. The van der Waals surface area contributed by atoms with Crippen LogP contribution in [0.2, 0.25) is 0 Å². The first-order chi connectivity index (χ1) is 20.8. The van der Waals surface area contributed by atoms with Crippen LogP contribution < -0.4 is 0 Å². The first-order valence-electron chi connectivity index (χ1n) is 14.4. The van der Waals surface area contributed by atoms with Crippen LogP contribution in [0.15, 0.2) is 164 Å². The van der Waals surface area contributed by atoms with Crippen LogP contribution >= 0.6 is 0 Å². The van der Waals surface area contributed by atoms with Gasteiger partial charge in [0.25, 0.3) is 0 Å². The molecule has 0 aliphatic carbocycles. The van der Waals surface area contributed by atoms with Gasteiger partial charge in [0.05, 0.1) is 11.4 Å². The van der Waals surface area contributed by atoms with Gasteiger partial charge in [0.15, 0.2) is 0 Å². The molecular weight excluding hydrogens is 506 g/mol. The second-order valence-corrected chi connectivity index (χ2v) is 10.8. The van der Waals surface area contributed by atoms with Gasteiger partial charge in [-0.1, -0.05) is 146 Å². The summed E-state index contributed by atoms with van der Waals surface area (Å²) in [6.07, 6.45) is 0. The van der Waals surface area contributed by atoms with Crippen molar-refractivity contribution in [3.63, 3.8) is 0 Å². The smallest absolute Gasteiger partial charge is 0.0715 e. The van der Waals surface area contributed by atoms with Crippen molar-refractivity contribution in [3.8, 4) is 44.8 Å². The van der Waals surface area contributed by atoms with E-state index in [1.54, 1.807) is 0 Å². The van der Waals surface area contributed by atoms with E-state index in [4.69, 9.17) is 4.98 Å². The Balaban J connectivity index is 1.23. The summed E-state index contributed by atoms with van der Waals surface area (Å²) in [5.41, 5.74) is 8.92. The summed E-state index contributed by atoms with van der Waals surface area (Å²) >= 11 is 0. The van der Waals surface area contributed by atoms with Crippen molar-refractivity contribution in [2.75, 3.05) is 0 Å². The van der Waals surface area contributed by atoms with Crippen LogP contribution in [0.4, 0.5) is 0 Å². The number of nitrogens with zero attached hydrogens (tertiary/aromatic N) is 1. The topological polar surface area (TPSA) is 12.9 Å². The van der Waals surface area contributed by atoms with Crippen LogP contribution in [-0.2, 0) is 0 Å². The number of fused-ring (bicyclic) bond motifs is 6. The molecule has 42 heavy (non-hydrogen) atoms. The van der Waals surface area contributed by atoms with E-state index < -0.39 is 0 Å². The second kappa shape index (κ2) is 10.1. The van der Waals surface area contributed by atoms with Crippen molar-refractivity contribution in [3.05, 3.63) is 164 Å². The Morgan fingerprint density at radius 3 is 1.19 bits per heavy atom. The molecule has 0 aliphatic heterocycles. The van der Waals surface area contributed by atoms with Gasteiger partial charge >= 0.3 is 0 Å². The molecule has 0 radical (unpaired) electrons. The van der Waals surface area contributed by atoms with E-state index in [9.17, 15) is 0 Å². The Labute approximate surface area is 245 Å². The highest BCUT2D eigenvalue weighted by Crippen LogP contribution is 2.37. The lowest BCUT2D eigenvalue weighted by Crippen LogP contribution is -1.91. The average Bonchev–Trinajstić information content (AvgIpc) is 3.09. The predicted octanol–water partition coefficient (Wildman–Crippen LogP) is 11.2. The Bertz CT molecular complexity index is 2120. The number of hydrogen-bond donors (Lipinski definition) is 0. The van der Waals surface area contributed by atoms with Crippen molar-refractivity contribution in [1.82, 2.24) is 4.98 Å². The maximum atomic E-state index is 5.11. The van der Waals surface area contributed by atoms with Crippen LogP contribution in [0.5, 0.6) is 0 Å². The fourth-order valence-electron chi connectivity index (χ4n) is 6.15. The highest BCUT2D eigenvalue weighted by atomic mass is 14.7. The van der Waals surface area contributed by atoms with Crippen molar-refractivity contribution in [2.24, 2.45) is 0 Å². The molecule has 0 N–H and O–H groups in total. The second-order valence-electron chi connectivity index (χ2n) is 10.8. The molecule has 1 heteroatoms. The Morgan fingerprint density at radius 2 is 0.619 bits per heavy atom. The van der Waals surface area contributed by atoms with Gasteiger partial charge < -0.3 is 0 Å². The molecule has 7 aromatic carbocycles. The van der Waals surface area contributed by atoms with Crippen LogP contribution in [0, 0.1) is 0 Å². The lowest BCUT2D eigenvalue weighted by Gasteiger charge is -2.13. The molecule has 1 heterocycles. The molecule has 0 atom stereocenters. The number of pyridine rings is 1. The minimum absolute atomic E-state index is 0.970. The third kappa shape index (κ3) is 4.24. The quantitative estimate of drug-likeness (QED) is 0.205. The highest BCUT2D eigenvalue weighted by molar-refractivity contribution is 6.25. The predicted molar refractivity (Wildman–Crippen MR) is 178 cm³/mol. The zero-order valence-electron chi connectivity index (χ0n) is 23.0. The van der Waals surface area contributed by atoms with E-state index in [1.165, 1.54) is 49.0 Å². The fourth-order valence-corrected chi connectivity index (χ4v) is 6.15. The molecule has 1 nitrogen and oxygen atoms in total. The maximum absolute atomic E-state index is 5.11. The summed E-state index contributed by atoms with van der Waals surface area (Å²) in [7, 11) is 0. The van der Waals surface area contributed by atoms with Crippen LogP contribution in [-0.4, -0.2) is 4.98 Å². The van der Waals surface area contributed by atoms with Gasteiger partial charge in [0, 0.05) is 11.1 Å². The summed E-state index contributed by atoms with van der Waals surface area (Å²) < 4.78 is 0.